The molecule has 0 spiro atoms. The molecule has 0 radical (unpaired) electrons. The van der Waals surface area contributed by atoms with E-state index in [-0.39, 0.29) is 24.2 Å². The quantitative estimate of drug-likeness (QED) is 0.257. The molecule has 0 aliphatic carbocycles. The van der Waals surface area contributed by atoms with Crippen LogP contribution in [0.2, 0.25) is 18.1 Å². The van der Waals surface area contributed by atoms with Gasteiger partial charge < -0.3 is 19.5 Å². The average Bonchev–Trinajstić information content (AvgIpc) is 3.21. The highest BCUT2D eigenvalue weighted by Gasteiger charge is 2.37. The SMILES string of the molecule is C=C(CO[Si](C)(C)C(C)(C)C)C(=O)Nc1cccc(-c2ncnc3[nH]cc(C(=O)OCC)c23)c1. The van der Waals surface area contributed by atoms with Crippen LogP contribution in [0.5, 0.6) is 0 Å². The van der Waals surface area contributed by atoms with Crippen molar-refractivity contribution in [3.8, 4) is 11.3 Å². The molecule has 0 aliphatic rings. The Morgan fingerprint density at radius 2 is 1.94 bits per heavy atom. The van der Waals surface area contributed by atoms with Gasteiger partial charge in [0, 0.05) is 23.0 Å². The van der Waals surface area contributed by atoms with E-state index in [2.05, 4.69) is 60.7 Å². The number of nitrogens with one attached hydrogen (secondary N) is 2. The molecule has 0 fully saturated rings. The molecule has 0 saturated heterocycles. The van der Waals surface area contributed by atoms with E-state index in [1.807, 2.05) is 12.1 Å². The summed E-state index contributed by atoms with van der Waals surface area (Å²) in [6, 6.07) is 7.24. The lowest BCUT2D eigenvalue weighted by atomic mass is 10.1. The normalized spacial score (nSPS) is 11.9. The Labute approximate surface area is 200 Å². The first kappa shape index (κ1) is 25.3. The summed E-state index contributed by atoms with van der Waals surface area (Å²) in [5.74, 6) is -0.759. The van der Waals surface area contributed by atoms with E-state index in [1.165, 1.54) is 6.33 Å². The largest absolute Gasteiger partial charge is 0.462 e. The molecule has 0 saturated carbocycles. The summed E-state index contributed by atoms with van der Waals surface area (Å²) in [5, 5.41) is 3.49. The Hall–Kier alpha value is -3.30. The summed E-state index contributed by atoms with van der Waals surface area (Å²) in [7, 11) is -1.99. The lowest BCUT2D eigenvalue weighted by Gasteiger charge is -2.36. The van der Waals surface area contributed by atoms with Gasteiger partial charge in [0.2, 0.25) is 0 Å². The van der Waals surface area contributed by atoms with Gasteiger partial charge in [-0.3, -0.25) is 4.79 Å². The molecule has 0 atom stereocenters. The number of fused-ring (bicyclic) bond motifs is 1. The Bertz CT molecular complexity index is 1230. The first-order valence-corrected chi connectivity index (χ1v) is 14.1. The monoisotopic (exact) mass is 480 g/mol. The average molecular weight is 481 g/mol. The maximum absolute atomic E-state index is 12.7. The van der Waals surface area contributed by atoms with Crippen molar-refractivity contribution in [2.75, 3.05) is 18.5 Å². The van der Waals surface area contributed by atoms with Crippen molar-refractivity contribution in [1.29, 1.82) is 0 Å². The van der Waals surface area contributed by atoms with E-state index in [4.69, 9.17) is 9.16 Å². The van der Waals surface area contributed by atoms with Crippen LogP contribution in [0.3, 0.4) is 0 Å². The predicted octanol–water partition coefficient (Wildman–Crippen LogP) is 5.32. The van der Waals surface area contributed by atoms with Gasteiger partial charge in [-0.1, -0.05) is 39.5 Å². The Kier molecular flexibility index (Phi) is 7.37. The third-order valence-corrected chi connectivity index (χ3v) is 10.6. The number of H-pyrrole nitrogens is 1. The molecule has 1 amide bonds. The van der Waals surface area contributed by atoms with Crippen molar-refractivity contribution in [3.05, 3.63) is 54.5 Å². The van der Waals surface area contributed by atoms with Crippen LogP contribution in [0, 0.1) is 0 Å². The number of benzene rings is 1. The van der Waals surface area contributed by atoms with Crippen molar-refractivity contribution in [2.45, 2.75) is 45.8 Å². The van der Waals surface area contributed by atoms with E-state index in [0.717, 1.165) is 5.56 Å². The zero-order valence-electron chi connectivity index (χ0n) is 20.6. The fourth-order valence-electron chi connectivity index (χ4n) is 3.06. The number of esters is 1. The topological polar surface area (TPSA) is 106 Å². The van der Waals surface area contributed by atoms with Crippen LogP contribution in [0.1, 0.15) is 38.1 Å². The number of aromatic nitrogens is 3. The van der Waals surface area contributed by atoms with E-state index in [0.29, 0.717) is 33.6 Å². The highest BCUT2D eigenvalue weighted by atomic mass is 28.4. The van der Waals surface area contributed by atoms with Gasteiger partial charge in [0.05, 0.1) is 29.9 Å². The number of amides is 1. The Balaban J connectivity index is 1.81. The number of anilines is 1. The number of hydrogen-bond acceptors (Lipinski definition) is 6. The van der Waals surface area contributed by atoms with Gasteiger partial charge in [-0.05, 0) is 37.2 Å². The van der Waals surface area contributed by atoms with Crippen LogP contribution in [0.25, 0.3) is 22.3 Å². The van der Waals surface area contributed by atoms with Gasteiger partial charge in [-0.25, -0.2) is 14.8 Å². The van der Waals surface area contributed by atoms with Crippen LogP contribution in [0.4, 0.5) is 5.69 Å². The number of aromatic amines is 1. The second-order valence-electron chi connectivity index (χ2n) is 9.56. The van der Waals surface area contributed by atoms with Gasteiger partial charge >= 0.3 is 5.97 Å². The summed E-state index contributed by atoms with van der Waals surface area (Å²) >= 11 is 0. The molecule has 2 N–H and O–H groups in total. The number of nitrogens with zero attached hydrogens (tertiary/aromatic N) is 2. The molecule has 0 aliphatic heterocycles. The van der Waals surface area contributed by atoms with Crippen molar-refractivity contribution in [3.63, 3.8) is 0 Å². The molecular formula is C25H32N4O4Si. The summed E-state index contributed by atoms with van der Waals surface area (Å²) < 4.78 is 11.3. The van der Waals surface area contributed by atoms with Crippen LogP contribution in [-0.2, 0) is 14.0 Å². The standard InChI is InChI=1S/C25H32N4O4Si/c1-8-32-24(31)19-13-26-22-20(19)21(27-15-28-22)17-10-9-11-18(12-17)29-23(30)16(2)14-33-34(6,7)25(3,4)5/h9-13,15H,2,8,14H2,1,3-7H3,(H,29,30)(H,26,27,28). The van der Waals surface area contributed by atoms with E-state index >= 15 is 0 Å². The van der Waals surface area contributed by atoms with Gasteiger partial charge in [-0.15, -0.1) is 0 Å². The van der Waals surface area contributed by atoms with Gasteiger partial charge in [0.15, 0.2) is 8.32 Å². The van der Waals surface area contributed by atoms with Gasteiger partial charge in [0.25, 0.3) is 5.91 Å². The van der Waals surface area contributed by atoms with Crippen molar-refractivity contribution >= 4 is 36.9 Å². The molecular weight excluding hydrogens is 448 g/mol. The number of hydrogen-bond donors (Lipinski definition) is 2. The highest BCUT2D eigenvalue weighted by Crippen LogP contribution is 2.36. The number of carbonyl (C=O) groups excluding carboxylic acids is 2. The van der Waals surface area contributed by atoms with Gasteiger partial charge in [0.1, 0.15) is 12.0 Å². The van der Waals surface area contributed by atoms with Gasteiger partial charge in [-0.2, -0.15) is 0 Å². The third-order valence-electron chi connectivity index (χ3n) is 6.09. The molecule has 0 bridgehead atoms. The molecule has 2 heterocycles. The molecule has 2 aromatic heterocycles. The fourth-order valence-corrected chi connectivity index (χ4v) is 4.03. The Morgan fingerprint density at radius 1 is 1.21 bits per heavy atom. The number of ether oxygens (including phenoxy) is 1. The molecule has 3 aromatic rings. The second kappa shape index (κ2) is 9.90. The maximum atomic E-state index is 12.7. The fraction of sp³-hybridized carbons (Fsp3) is 0.360. The zero-order valence-corrected chi connectivity index (χ0v) is 21.6. The minimum absolute atomic E-state index is 0.0432. The zero-order chi connectivity index (χ0) is 25.1. The van der Waals surface area contributed by atoms with Crippen molar-refractivity contribution < 1.29 is 18.8 Å². The van der Waals surface area contributed by atoms with E-state index in [1.54, 1.807) is 25.3 Å². The smallest absolute Gasteiger partial charge is 0.340 e. The molecule has 8 nitrogen and oxygen atoms in total. The van der Waals surface area contributed by atoms with Crippen molar-refractivity contribution in [2.24, 2.45) is 0 Å². The molecule has 34 heavy (non-hydrogen) atoms. The second-order valence-corrected chi connectivity index (χ2v) is 14.4. The number of carbonyl (C=O) groups is 2. The summed E-state index contributed by atoms with van der Waals surface area (Å²) in [6.07, 6.45) is 2.99. The van der Waals surface area contributed by atoms with E-state index in [9.17, 15) is 9.59 Å². The van der Waals surface area contributed by atoms with Crippen LogP contribution < -0.4 is 5.32 Å². The lowest BCUT2D eigenvalue weighted by molar-refractivity contribution is -0.113. The highest BCUT2D eigenvalue weighted by molar-refractivity contribution is 6.74. The molecule has 3 rings (SSSR count). The van der Waals surface area contributed by atoms with Crippen LogP contribution in [-0.4, -0.2) is 48.4 Å². The predicted molar refractivity (Wildman–Crippen MR) is 136 cm³/mol. The minimum Gasteiger partial charge on any atom is -0.462 e. The molecule has 180 valence electrons. The molecule has 9 heteroatoms. The van der Waals surface area contributed by atoms with Crippen LogP contribution in [0.15, 0.2) is 48.9 Å². The van der Waals surface area contributed by atoms with E-state index < -0.39 is 14.3 Å². The molecule has 0 unspecified atom stereocenters. The Morgan fingerprint density at radius 3 is 2.62 bits per heavy atom. The third kappa shape index (κ3) is 5.43. The number of rotatable bonds is 8. The van der Waals surface area contributed by atoms with Crippen LogP contribution >= 0.6 is 0 Å². The summed E-state index contributed by atoms with van der Waals surface area (Å²) in [6.45, 7) is 16.8. The summed E-state index contributed by atoms with van der Waals surface area (Å²) in [5.41, 5.74) is 3.10. The molecule has 1 aromatic carbocycles. The first-order chi connectivity index (χ1) is 15.9. The van der Waals surface area contributed by atoms with Crippen molar-refractivity contribution in [1.82, 2.24) is 15.0 Å². The lowest BCUT2D eigenvalue weighted by Crippen LogP contribution is -2.41. The minimum atomic E-state index is -1.99. The maximum Gasteiger partial charge on any atom is 0.340 e. The summed E-state index contributed by atoms with van der Waals surface area (Å²) in [4.78, 5) is 36.8. The first-order valence-electron chi connectivity index (χ1n) is 11.2.